The Morgan fingerprint density at radius 2 is 0.912 bits per heavy atom. The number of ketones is 2. The van der Waals surface area contributed by atoms with E-state index in [2.05, 4.69) is 0 Å². The lowest BCUT2D eigenvalue weighted by molar-refractivity contribution is 0.0852. The number of aromatic hydroxyl groups is 2. The number of carbonyl (C=O) groups is 2. The zero-order valence-corrected chi connectivity index (χ0v) is 20.5. The highest BCUT2D eigenvalue weighted by Crippen LogP contribution is 2.45. The molecule has 4 heteroatoms. The molecule has 0 atom stereocenters. The third-order valence-corrected chi connectivity index (χ3v) is 6.13. The van der Waals surface area contributed by atoms with Gasteiger partial charge in [-0.2, -0.15) is 0 Å². The molecule has 4 aromatic carbocycles. The van der Waals surface area contributed by atoms with Gasteiger partial charge in [0.15, 0.2) is 11.6 Å². The summed E-state index contributed by atoms with van der Waals surface area (Å²) >= 11 is 0. The van der Waals surface area contributed by atoms with Crippen molar-refractivity contribution >= 4 is 33.1 Å². The minimum atomic E-state index is -0.510. The SMILES string of the molecule is CC(C)(C)C(=O)c1ccc2c(-c3c(O)ccc4cc(C(=O)C(C)(C)C)ccc34)c(O)ccc2c1. The van der Waals surface area contributed by atoms with Crippen LogP contribution >= 0.6 is 0 Å². The van der Waals surface area contributed by atoms with Crippen molar-refractivity contribution in [3.63, 3.8) is 0 Å². The largest absolute Gasteiger partial charge is 0.507 e. The molecule has 4 aromatic rings. The summed E-state index contributed by atoms with van der Waals surface area (Å²) in [5.41, 5.74) is 1.16. The molecule has 0 fully saturated rings. The van der Waals surface area contributed by atoms with E-state index in [0.717, 1.165) is 21.5 Å². The molecule has 2 N–H and O–H groups in total. The number of phenolic OH excluding ortho intramolecular Hbond substituents is 2. The average molecular weight is 455 g/mol. The smallest absolute Gasteiger partial charge is 0.168 e. The van der Waals surface area contributed by atoms with E-state index < -0.39 is 10.8 Å². The average Bonchev–Trinajstić information content (AvgIpc) is 2.77. The second-order valence-corrected chi connectivity index (χ2v) is 10.9. The summed E-state index contributed by atoms with van der Waals surface area (Å²) in [4.78, 5) is 25.6. The number of rotatable bonds is 3. The monoisotopic (exact) mass is 454 g/mol. The number of benzene rings is 4. The molecule has 174 valence electrons. The van der Waals surface area contributed by atoms with Crippen LogP contribution in [0.1, 0.15) is 62.3 Å². The fourth-order valence-electron chi connectivity index (χ4n) is 4.31. The Morgan fingerprint density at radius 3 is 1.24 bits per heavy atom. The van der Waals surface area contributed by atoms with Crippen LogP contribution in [-0.2, 0) is 0 Å². The van der Waals surface area contributed by atoms with Gasteiger partial charge in [-0.1, -0.05) is 77.9 Å². The Balaban J connectivity index is 1.96. The van der Waals surface area contributed by atoms with Crippen molar-refractivity contribution in [2.75, 3.05) is 0 Å². The van der Waals surface area contributed by atoms with Gasteiger partial charge in [-0.3, -0.25) is 9.59 Å². The second-order valence-electron chi connectivity index (χ2n) is 10.9. The lowest BCUT2D eigenvalue weighted by Gasteiger charge is -2.19. The van der Waals surface area contributed by atoms with Crippen LogP contribution in [0.4, 0.5) is 0 Å². The summed E-state index contributed by atoms with van der Waals surface area (Å²) in [6.45, 7) is 11.3. The molecule has 0 aliphatic rings. The first kappa shape index (κ1) is 23.5. The summed E-state index contributed by atoms with van der Waals surface area (Å²) in [7, 11) is 0. The molecule has 0 aliphatic carbocycles. The summed E-state index contributed by atoms with van der Waals surface area (Å²) in [6, 6.07) is 17.5. The Bertz CT molecular complexity index is 1350. The fraction of sp³-hybridized carbons (Fsp3) is 0.267. The topological polar surface area (TPSA) is 74.6 Å². The van der Waals surface area contributed by atoms with E-state index in [-0.39, 0.29) is 23.1 Å². The first-order valence-electron chi connectivity index (χ1n) is 11.4. The van der Waals surface area contributed by atoms with E-state index >= 15 is 0 Å². The van der Waals surface area contributed by atoms with Crippen molar-refractivity contribution in [1.29, 1.82) is 0 Å². The number of hydrogen-bond acceptors (Lipinski definition) is 4. The van der Waals surface area contributed by atoms with Gasteiger partial charge in [0.2, 0.25) is 0 Å². The molecule has 0 aliphatic heterocycles. The highest BCUT2D eigenvalue weighted by Gasteiger charge is 2.25. The number of hydrogen-bond donors (Lipinski definition) is 2. The van der Waals surface area contributed by atoms with Crippen LogP contribution in [-0.4, -0.2) is 21.8 Å². The molecular formula is C30H30O4. The third-order valence-electron chi connectivity index (χ3n) is 6.13. The van der Waals surface area contributed by atoms with Gasteiger partial charge in [0.1, 0.15) is 11.5 Å². The molecule has 0 amide bonds. The van der Waals surface area contributed by atoms with E-state index in [1.807, 2.05) is 65.8 Å². The van der Waals surface area contributed by atoms with Crippen molar-refractivity contribution in [3.05, 3.63) is 71.8 Å². The number of phenols is 2. The number of fused-ring (bicyclic) bond motifs is 2. The molecule has 0 unspecified atom stereocenters. The van der Waals surface area contributed by atoms with Crippen molar-refractivity contribution in [2.24, 2.45) is 10.8 Å². The van der Waals surface area contributed by atoms with Gasteiger partial charge < -0.3 is 10.2 Å². The highest BCUT2D eigenvalue weighted by molar-refractivity contribution is 6.12. The Morgan fingerprint density at radius 1 is 0.559 bits per heavy atom. The molecule has 0 aromatic heterocycles. The van der Waals surface area contributed by atoms with E-state index in [1.165, 1.54) is 0 Å². The number of carbonyl (C=O) groups excluding carboxylic acids is 2. The van der Waals surface area contributed by atoms with Crippen molar-refractivity contribution in [1.82, 2.24) is 0 Å². The molecule has 0 radical (unpaired) electrons. The van der Waals surface area contributed by atoms with E-state index in [9.17, 15) is 19.8 Å². The maximum Gasteiger partial charge on any atom is 0.168 e. The summed E-state index contributed by atoms with van der Waals surface area (Å²) in [5.74, 6) is 0.126. The Labute approximate surface area is 199 Å². The van der Waals surface area contributed by atoms with Crippen LogP contribution in [0, 0.1) is 10.8 Å². The highest BCUT2D eigenvalue weighted by atomic mass is 16.3. The maximum absolute atomic E-state index is 12.8. The van der Waals surface area contributed by atoms with Gasteiger partial charge in [0.05, 0.1) is 0 Å². The van der Waals surface area contributed by atoms with Gasteiger partial charge in [0, 0.05) is 33.1 Å². The molecule has 34 heavy (non-hydrogen) atoms. The lowest BCUT2D eigenvalue weighted by Crippen LogP contribution is -2.20. The zero-order valence-electron chi connectivity index (χ0n) is 20.5. The molecule has 0 spiro atoms. The summed E-state index contributed by atoms with van der Waals surface area (Å²) < 4.78 is 0. The zero-order chi connectivity index (χ0) is 25.0. The molecule has 4 rings (SSSR count). The summed E-state index contributed by atoms with van der Waals surface area (Å²) in [5, 5.41) is 24.8. The number of Topliss-reactive ketones (excluding diaryl/α,β-unsaturated/α-hetero) is 2. The molecule has 0 saturated carbocycles. The van der Waals surface area contributed by atoms with Gasteiger partial charge in [-0.25, -0.2) is 0 Å². The fourth-order valence-corrected chi connectivity index (χ4v) is 4.31. The van der Waals surface area contributed by atoms with Crippen LogP contribution in [0.15, 0.2) is 60.7 Å². The van der Waals surface area contributed by atoms with Crippen LogP contribution in [0.2, 0.25) is 0 Å². The van der Waals surface area contributed by atoms with Crippen LogP contribution in [0.5, 0.6) is 11.5 Å². The van der Waals surface area contributed by atoms with Gasteiger partial charge >= 0.3 is 0 Å². The van der Waals surface area contributed by atoms with E-state index in [1.54, 1.807) is 36.4 Å². The quantitative estimate of drug-likeness (QED) is 0.314. The molecular weight excluding hydrogens is 424 g/mol. The van der Waals surface area contributed by atoms with Gasteiger partial charge in [0.25, 0.3) is 0 Å². The predicted octanol–water partition coefficient (Wildman–Crippen LogP) is 7.53. The van der Waals surface area contributed by atoms with E-state index in [0.29, 0.717) is 22.3 Å². The van der Waals surface area contributed by atoms with E-state index in [4.69, 9.17) is 0 Å². The Hall–Kier alpha value is -3.66. The van der Waals surface area contributed by atoms with Crippen molar-refractivity contribution < 1.29 is 19.8 Å². The Kier molecular flexibility index (Phi) is 5.52. The minimum absolute atomic E-state index is 0.0278. The van der Waals surface area contributed by atoms with Gasteiger partial charge in [-0.15, -0.1) is 0 Å². The second kappa shape index (κ2) is 7.98. The lowest BCUT2D eigenvalue weighted by atomic mass is 9.84. The molecule has 4 nitrogen and oxygen atoms in total. The van der Waals surface area contributed by atoms with Crippen LogP contribution in [0.25, 0.3) is 32.7 Å². The van der Waals surface area contributed by atoms with Gasteiger partial charge in [-0.05, 0) is 45.8 Å². The first-order valence-corrected chi connectivity index (χ1v) is 11.4. The minimum Gasteiger partial charge on any atom is -0.507 e. The molecule has 0 heterocycles. The van der Waals surface area contributed by atoms with Crippen molar-refractivity contribution in [2.45, 2.75) is 41.5 Å². The van der Waals surface area contributed by atoms with Crippen molar-refractivity contribution in [3.8, 4) is 22.6 Å². The van der Waals surface area contributed by atoms with Crippen LogP contribution < -0.4 is 0 Å². The molecule has 0 bridgehead atoms. The first-order chi connectivity index (χ1) is 15.8. The molecule has 0 saturated heterocycles. The normalized spacial score (nSPS) is 12.3. The standard InChI is InChI=1S/C30H30O4/c1-29(2,3)27(33)19-7-11-21-17(15-19)9-13-23(31)25(21)26-22-12-8-20(28(34)30(4,5)6)16-18(22)10-14-24(26)32/h7-16,31-32H,1-6H3. The maximum atomic E-state index is 12.8. The summed E-state index contributed by atoms with van der Waals surface area (Å²) in [6.07, 6.45) is 0. The third kappa shape index (κ3) is 4.05. The predicted molar refractivity (Wildman–Crippen MR) is 138 cm³/mol. The van der Waals surface area contributed by atoms with Crippen LogP contribution in [0.3, 0.4) is 0 Å².